The number of ketones is 1. The van der Waals surface area contributed by atoms with Gasteiger partial charge in [-0.2, -0.15) is 18.4 Å². The zero-order valence-corrected chi connectivity index (χ0v) is 15.1. The summed E-state index contributed by atoms with van der Waals surface area (Å²) >= 11 is 0. The molecule has 1 fully saturated rings. The van der Waals surface area contributed by atoms with E-state index in [1.54, 1.807) is 6.07 Å². The van der Waals surface area contributed by atoms with E-state index in [1.807, 2.05) is 10.6 Å². The van der Waals surface area contributed by atoms with E-state index in [4.69, 9.17) is 0 Å². The molecule has 0 N–H and O–H groups in total. The van der Waals surface area contributed by atoms with Crippen molar-refractivity contribution in [3.8, 4) is 6.07 Å². The van der Waals surface area contributed by atoms with Gasteiger partial charge in [-0.05, 0) is 36.8 Å². The van der Waals surface area contributed by atoms with Gasteiger partial charge in [-0.25, -0.2) is 0 Å². The summed E-state index contributed by atoms with van der Waals surface area (Å²) < 4.78 is 41.7. The molecule has 1 aliphatic carbocycles. The number of aryl methyl sites for hydroxylation is 1. The smallest absolute Gasteiger partial charge is 0.313 e. The van der Waals surface area contributed by atoms with Crippen molar-refractivity contribution in [2.24, 2.45) is 5.92 Å². The van der Waals surface area contributed by atoms with Crippen LogP contribution in [-0.4, -0.2) is 20.5 Å². The lowest BCUT2D eigenvalue weighted by Gasteiger charge is -2.13. The Morgan fingerprint density at radius 3 is 2.75 bits per heavy atom. The summed E-state index contributed by atoms with van der Waals surface area (Å²) in [7, 11) is 0. The fraction of sp³-hybridized carbons (Fsp3) is 0.500. The van der Waals surface area contributed by atoms with Gasteiger partial charge in [-0.3, -0.25) is 4.79 Å². The van der Waals surface area contributed by atoms with Crippen LogP contribution in [0, 0.1) is 17.2 Å². The predicted molar refractivity (Wildman–Crippen MR) is 93.2 cm³/mol. The minimum atomic E-state index is -4.47. The largest absolute Gasteiger partial charge is 0.416 e. The van der Waals surface area contributed by atoms with E-state index >= 15 is 0 Å². The molecule has 0 radical (unpaired) electrons. The lowest BCUT2D eigenvalue weighted by molar-refractivity contribution is -0.138. The molecule has 2 heterocycles. The zero-order valence-electron chi connectivity index (χ0n) is 15.1. The molecule has 5 nitrogen and oxygen atoms in total. The number of nitriles is 1. The molecule has 1 aliphatic heterocycles. The second-order valence-electron chi connectivity index (χ2n) is 7.43. The molecule has 1 saturated carbocycles. The number of carbonyl (C=O) groups excluding carboxylic acids is 1. The second kappa shape index (κ2) is 7.04. The van der Waals surface area contributed by atoms with E-state index in [-0.39, 0.29) is 11.3 Å². The number of rotatable bonds is 4. The number of hydrogen-bond donors (Lipinski definition) is 0. The van der Waals surface area contributed by atoms with Crippen LogP contribution in [-0.2, 0) is 23.9 Å². The minimum Gasteiger partial charge on any atom is -0.313 e. The van der Waals surface area contributed by atoms with Crippen LogP contribution >= 0.6 is 0 Å². The lowest BCUT2D eigenvalue weighted by atomic mass is 9.96. The first-order valence-corrected chi connectivity index (χ1v) is 9.43. The molecule has 146 valence electrons. The average Bonchev–Trinajstić information content (AvgIpc) is 3.43. The lowest BCUT2D eigenvalue weighted by Crippen LogP contribution is -2.19. The van der Waals surface area contributed by atoms with Crippen molar-refractivity contribution >= 4 is 5.78 Å². The summed E-state index contributed by atoms with van der Waals surface area (Å²) in [6.45, 7) is 0.661. The Hall–Kier alpha value is -2.69. The molecule has 1 aromatic carbocycles. The SMILES string of the molecule is N#CC(C(=O)C1CC1c1ccccc1C(F)(F)F)c1nnc2n1CCCCC2. The number of fused-ring (bicyclic) bond motifs is 1. The molecule has 1 aromatic heterocycles. The zero-order chi connectivity index (χ0) is 19.9. The van der Waals surface area contributed by atoms with Gasteiger partial charge in [0.1, 0.15) is 5.82 Å². The summed E-state index contributed by atoms with van der Waals surface area (Å²) in [5, 5.41) is 17.8. The van der Waals surface area contributed by atoms with E-state index in [2.05, 4.69) is 10.2 Å². The van der Waals surface area contributed by atoms with Gasteiger partial charge in [-0.1, -0.05) is 24.6 Å². The topological polar surface area (TPSA) is 71.6 Å². The number of alkyl halides is 3. The highest BCUT2D eigenvalue weighted by atomic mass is 19.4. The number of nitrogens with zero attached hydrogens (tertiary/aromatic N) is 4. The molecule has 28 heavy (non-hydrogen) atoms. The maximum absolute atomic E-state index is 13.3. The van der Waals surface area contributed by atoms with E-state index in [1.165, 1.54) is 12.1 Å². The van der Waals surface area contributed by atoms with Crippen LogP contribution in [0.3, 0.4) is 0 Å². The minimum absolute atomic E-state index is 0.130. The van der Waals surface area contributed by atoms with Crippen LogP contribution in [0.2, 0.25) is 0 Å². The second-order valence-corrected chi connectivity index (χ2v) is 7.43. The molecule has 8 heteroatoms. The molecule has 4 rings (SSSR count). The summed E-state index contributed by atoms with van der Waals surface area (Å²) in [6.07, 6.45) is -0.425. The van der Waals surface area contributed by atoms with Crippen LogP contribution in [0.25, 0.3) is 0 Å². The number of carbonyl (C=O) groups is 1. The van der Waals surface area contributed by atoms with Gasteiger partial charge in [0.15, 0.2) is 17.5 Å². The molecule has 2 aliphatic rings. The van der Waals surface area contributed by atoms with Crippen molar-refractivity contribution in [2.75, 3.05) is 0 Å². The van der Waals surface area contributed by atoms with Crippen molar-refractivity contribution < 1.29 is 18.0 Å². The summed E-state index contributed by atoms with van der Waals surface area (Å²) in [5.41, 5.74) is -0.578. The average molecular weight is 388 g/mol. The van der Waals surface area contributed by atoms with Crippen molar-refractivity contribution in [3.05, 3.63) is 47.0 Å². The highest BCUT2D eigenvalue weighted by molar-refractivity contribution is 5.92. The van der Waals surface area contributed by atoms with E-state index < -0.39 is 29.5 Å². The van der Waals surface area contributed by atoms with Crippen molar-refractivity contribution in [1.82, 2.24) is 14.8 Å². The van der Waals surface area contributed by atoms with E-state index in [0.717, 1.165) is 37.6 Å². The molecule has 0 saturated heterocycles. The molecule has 2 aromatic rings. The van der Waals surface area contributed by atoms with Crippen LogP contribution in [0.4, 0.5) is 13.2 Å². The number of hydrogen-bond acceptors (Lipinski definition) is 4. The van der Waals surface area contributed by atoms with Gasteiger partial charge < -0.3 is 4.57 Å². The Morgan fingerprint density at radius 1 is 1.21 bits per heavy atom. The highest BCUT2D eigenvalue weighted by Gasteiger charge is 2.50. The maximum Gasteiger partial charge on any atom is 0.416 e. The van der Waals surface area contributed by atoms with Crippen LogP contribution < -0.4 is 0 Å². The monoisotopic (exact) mass is 388 g/mol. The Balaban J connectivity index is 1.58. The first-order valence-electron chi connectivity index (χ1n) is 9.43. The van der Waals surface area contributed by atoms with Crippen LogP contribution in [0.5, 0.6) is 0 Å². The molecule has 0 bridgehead atoms. The highest BCUT2D eigenvalue weighted by Crippen LogP contribution is 2.52. The Morgan fingerprint density at radius 2 is 2.00 bits per heavy atom. The van der Waals surface area contributed by atoms with Gasteiger partial charge in [-0.15, -0.1) is 10.2 Å². The summed E-state index contributed by atoms with van der Waals surface area (Å²) in [4.78, 5) is 13.0. The Bertz CT molecular complexity index is 944. The molecule has 0 spiro atoms. The van der Waals surface area contributed by atoms with Crippen LogP contribution in [0.1, 0.15) is 60.3 Å². The third-order valence-corrected chi connectivity index (χ3v) is 5.63. The van der Waals surface area contributed by atoms with Crippen molar-refractivity contribution in [3.63, 3.8) is 0 Å². The summed E-state index contributed by atoms with van der Waals surface area (Å²) in [6, 6.07) is 7.37. The molecule has 3 atom stereocenters. The molecule has 0 amide bonds. The fourth-order valence-corrected chi connectivity index (χ4v) is 4.12. The van der Waals surface area contributed by atoms with Gasteiger partial charge in [0.2, 0.25) is 0 Å². The van der Waals surface area contributed by atoms with Gasteiger partial charge in [0, 0.05) is 18.9 Å². The van der Waals surface area contributed by atoms with Gasteiger partial charge in [0.05, 0.1) is 11.6 Å². The number of benzene rings is 1. The molecular formula is C20H19F3N4O. The number of Topliss-reactive ketones (excluding diaryl/α,β-unsaturated/α-hetero) is 1. The standard InChI is InChI=1S/C20H19F3N4O/c21-20(22,23)16-7-4-3-6-12(16)13-10-14(13)18(28)15(11-24)19-26-25-17-8-2-1-5-9-27(17)19/h3-4,6-7,13-15H,1-2,5,8-10H2. The summed E-state index contributed by atoms with van der Waals surface area (Å²) in [5.74, 6) is -1.44. The third kappa shape index (κ3) is 3.30. The van der Waals surface area contributed by atoms with E-state index in [0.29, 0.717) is 18.8 Å². The Kier molecular flexibility index (Phi) is 4.69. The predicted octanol–water partition coefficient (Wildman–Crippen LogP) is 4.00. The quantitative estimate of drug-likeness (QED) is 0.794. The van der Waals surface area contributed by atoms with Crippen molar-refractivity contribution in [1.29, 1.82) is 5.26 Å². The van der Waals surface area contributed by atoms with Gasteiger partial charge >= 0.3 is 6.18 Å². The van der Waals surface area contributed by atoms with Crippen LogP contribution in [0.15, 0.2) is 24.3 Å². The first-order chi connectivity index (χ1) is 13.4. The molecular weight excluding hydrogens is 369 g/mol. The van der Waals surface area contributed by atoms with E-state index in [9.17, 15) is 23.2 Å². The number of halogens is 3. The molecule has 3 unspecified atom stereocenters. The van der Waals surface area contributed by atoms with Crippen molar-refractivity contribution in [2.45, 2.75) is 56.7 Å². The fourth-order valence-electron chi connectivity index (χ4n) is 4.12. The third-order valence-electron chi connectivity index (χ3n) is 5.63. The first kappa shape index (κ1) is 18.7. The normalized spacial score (nSPS) is 22.6. The Labute approximate surface area is 160 Å². The maximum atomic E-state index is 13.3. The number of aromatic nitrogens is 3. The van der Waals surface area contributed by atoms with Gasteiger partial charge in [0.25, 0.3) is 0 Å².